The molecule has 4 rings (SSSR count). The summed E-state index contributed by atoms with van der Waals surface area (Å²) in [5.41, 5.74) is 2.52. The summed E-state index contributed by atoms with van der Waals surface area (Å²) in [5, 5.41) is 20.8. The average molecular weight is 483 g/mol. The maximum absolute atomic E-state index is 13.1. The van der Waals surface area contributed by atoms with E-state index in [4.69, 9.17) is 0 Å². The molecule has 1 amide bonds. The minimum Gasteiger partial charge on any atom is -0.508 e. The zero-order valence-electron chi connectivity index (χ0n) is 18.6. The Bertz CT molecular complexity index is 1330. The largest absolute Gasteiger partial charge is 0.573 e. The number of aromatic hydroxyl groups is 1. The number of carbonyl (C=O) groups is 2. The molecule has 0 aliphatic carbocycles. The van der Waals surface area contributed by atoms with Crippen LogP contribution in [0.4, 0.5) is 18.9 Å². The number of ether oxygens (including phenoxy) is 1. The maximum atomic E-state index is 13.1. The summed E-state index contributed by atoms with van der Waals surface area (Å²) in [6.45, 7) is 3.73. The molecule has 0 spiro atoms. The number of hydrogen-bond donors (Lipinski definition) is 2. The first-order valence-electron chi connectivity index (χ1n) is 10.5. The van der Waals surface area contributed by atoms with E-state index in [0.29, 0.717) is 11.1 Å². The van der Waals surface area contributed by atoms with E-state index >= 15 is 0 Å². The average Bonchev–Trinajstić information content (AvgIpc) is 3.06. The van der Waals surface area contributed by atoms with Crippen LogP contribution in [0.2, 0.25) is 0 Å². The number of ketones is 1. The predicted molar refractivity (Wildman–Crippen MR) is 122 cm³/mol. The summed E-state index contributed by atoms with van der Waals surface area (Å²) in [6, 6.07) is 14.2. The molecule has 1 fully saturated rings. The number of halogens is 3. The Morgan fingerprint density at radius 2 is 1.54 bits per heavy atom. The Morgan fingerprint density at radius 3 is 2.11 bits per heavy atom. The molecule has 0 aromatic heterocycles. The number of alkyl halides is 3. The number of rotatable bonds is 4. The lowest BCUT2D eigenvalue weighted by atomic mass is 9.94. The smallest absolute Gasteiger partial charge is 0.508 e. The van der Waals surface area contributed by atoms with Crippen LogP contribution in [-0.2, 0) is 9.59 Å². The number of aliphatic hydroxyl groups is 1. The van der Waals surface area contributed by atoms with Gasteiger partial charge in [0.2, 0.25) is 0 Å². The summed E-state index contributed by atoms with van der Waals surface area (Å²) >= 11 is 0. The molecule has 180 valence electrons. The van der Waals surface area contributed by atoms with Crippen LogP contribution in [0, 0.1) is 13.8 Å². The van der Waals surface area contributed by atoms with Gasteiger partial charge in [0, 0.05) is 11.3 Å². The first-order valence-corrected chi connectivity index (χ1v) is 10.5. The van der Waals surface area contributed by atoms with Gasteiger partial charge in [-0.1, -0.05) is 24.3 Å². The second-order valence-electron chi connectivity index (χ2n) is 8.10. The molecular weight excluding hydrogens is 463 g/mol. The van der Waals surface area contributed by atoms with Crippen molar-refractivity contribution in [1.82, 2.24) is 0 Å². The van der Waals surface area contributed by atoms with Gasteiger partial charge in [-0.15, -0.1) is 13.2 Å². The number of phenolic OH excluding ortho intramolecular Hbond substituents is 1. The van der Waals surface area contributed by atoms with Crippen molar-refractivity contribution in [2.75, 3.05) is 4.90 Å². The van der Waals surface area contributed by atoms with Crippen molar-refractivity contribution in [3.63, 3.8) is 0 Å². The number of hydrogen-bond acceptors (Lipinski definition) is 5. The standard InChI is InChI=1S/C26H20F3NO5/c1-14-3-4-17(13-15(14)2)23(32)21-22(16-5-9-19(31)10-6-16)30(25(34)24(21)33)18-7-11-20(12-8-18)35-26(27,28)29/h3-13,22,31-32H,1-2H3/b23-21-. The lowest BCUT2D eigenvalue weighted by molar-refractivity contribution is -0.274. The number of amides is 1. The second-order valence-corrected chi connectivity index (χ2v) is 8.10. The van der Waals surface area contributed by atoms with Crippen molar-refractivity contribution < 1.29 is 37.7 Å². The lowest BCUT2D eigenvalue weighted by Gasteiger charge is -2.25. The Kier molecular flexibility index (Phi) is 6.02. The fraction of sp³-hybridized carbons (Fsp3) is 0.154. The third-order valence-corrected chi connectivity index (χ3v) is 5.78. The predicted octanol–water partition coefficient (Wildman–Crippen LogP) is 5.53. The fourth-order valence-corrected chi connectivity index (χ4v) is 3.92. The fourth-order valence-electron chi connectivity index (χ4n) is 3.92. The van der Waals surface area contributed by atoms with E-state index in [9.17, 15) is 33.0 Å². The molecule has 3 aromatic carbocycles. The molecular formula is C26H20F3NO5. The molecule has 9 heteroatoms. The highest BCUT2D eigenvalue weighted by molar-refractivity contribution is 6.51. The molecule has 6 nitrogen and oxygen atoms in total. The molecule has 0 radical (unpaired) electrons. The highest BCUT2D eigenvalue weighted by atomic mass is 19.4. The minimum absolute atomic E-state index is 0.0477. The number of anilines is 1. The number of phenols is 1. The lowest BCUT2D eigenvalue weighted by Crippen LogP contribution is -2.29. The highest BCUT2D eigenvalue weighted by Gasteiger charge is 2.47. The van der Waals surface area contributed by atoms with Gasteiger partial charge in [0.05, 0.1) is 11.6 Å². The monoisotopic (exact) mass is 483 g/mol. The molecule has 1 atom stereocenters. The van der Waals surface area contributed by atoms with Gasteiger partial charge in [0.25, 0.3) is 11.7 Å². The van der Waals surface area contributed by atoms with E-state index < -0.39 is 29.8 Å². The summed E-state index contributed by atoms with van der Waals surface area (Å²) in [4.78, 5) is 27.3. The molecule has 1 saturated heterocycles. The second kappa shape index (κ2) is 8.83. The summed E-state index contributed by atoms with van der Waals surface area (Å²) in [7, 11) is 0. The third kappa shape index (κ3) is 4.70. The number of benzene rings is 3. The molecule has 2 N–H and O–H groups in total. The SMILES string of the molecule is Cc1ccc(/C(O)=C2/C(=O)C(=O)N(c3ccc(OC(F)(F)F)cc3)C2c2ccc(O)cc2)cc1C. The van der Waals surface area contributed by atoms with Crippen molar-refractivity contribution in [3.05, 3.63) is 94.6 Å². The van der Waals surface area contributed by atoms with Gasteiger partial charge in [-0.05, 0) is 73.0 Å². The van der Waals surface area contributed by atoms with Gasteiger partial charge in [0.15, 0.2) is 0 Å². The zero-order chi connectivity index (χ0) is 25.5. The van der Waals surface area contributed by atoms with Crippen LogP contribution in [0.15, 0.2) is 72.3 Å². The van der Waals surface area contributed by atoms with Gasteiger partial charge in [-0.25, -0.2) is 0 Å². The molecule has 3 aromatic rings. The van der Waals surface area contributed by atoms with Crippen molar-refractivity contribution in [3.8, 4) is 11.5 Å². The van der Waals surface area contributed by atoms with Crippen molar-refractivity contribution in [1.29, 1.82) is 0 Å². The van der Waals surface area contributed by atoms with Gasteiger partial charge in [-0.2, -0.15) is 0 Å². The van der Waals surface area contributed by atoms with Crippen LogP contribution in [-0.4, -0.2) is 28.3 Å². The minimum atomic E-state index is -4.89. The van der Waals surface area contributed by atoms with Gasteiger partial charge in [-0.3, -0.25) is 14.5 Å². The van der Waals surface area contributed by atoms with Crippen LogP contribution in [0.1, 0.15) is 28.3 Å². The molecule has 1 heterocycles. The Labute approximate surface area is 198 Å². The van der Waals surface area contributed by atoms with Crippen LogP contribution >= 0.6 is 0 Å². The van der Waals surface area contributed by atoms with E-state index in [1.165, 1.54) is 36.4 Å². The topological polar surface area (TPSA) is 87.1 Å². The van der Waals surface area contributed by atoms with E-state index in [1.807, 2.05) is 13.8 Å². The number of nitrogens with zero attached hydrogens (tertiary/aromatic N) is 1. The van der Waals surface area contributed by atoms with Gasteiger partial charge >= 0.3 is 6.36 Å². The van der Waals surface area contributed by atoms with Crippen LogP contribution < -0.4 is 9.64 Å². The van der Waals surface area contributed by atoms with Crippen molar-refractivity contribution >= 4 is 23.1 Å². The van der Waals surface area contributed by atoms with Crippen molar-refractivity contribution in [2.45, 2.75) is 26.3 Å². The van der Waals surface area contributed by atoms with E-state index in [-0.39, 0.29) is 22.8 Å². The van der Waals surface area contributed by atoms with Crippen LogP contribution in [0.3, 0.4) is 0 Å². The third-order valence-electron chi connectivity index (χ3n) is 5.78. The van der Waals surface area contributed by atoms with E-state index in [0.717, 1.165) is 28.2 Å². The Hall–Kier alpha value is -4.27. The summed E-state index contributed by atoms with van der Waals surface area (Å²) in [6.07, 6.45) is -4.89. The number of aryl methyl sites for hydroxylation is 2. The highest BCUT2D eigenvalue weighted by Crippen LogP contribution is 2.43. The molecule has 1 aliphatic rings. The zero-order valence-corrected chi connectivity index (χ0v) is 18.6. The van der Waals surface area contributed by atoms with Crippen LogP contribution in [0.5, 0.6) is 11.5 Å². The number of Topliss-reactive ketones (excluding diaryl/α,β-unsaturated/α-hetero) is 1. The summed E-state index contributed by atoms with van der Waals surface area (Å²) < 4.78 is 41.5. The number of aliphatic hydroxyl groups excluding tert-OH is 1. The molecule has 0 saturated carbocycles. The van der Waals surface area contributed by atoms with E-state index in [1.54, 1.807) is 18.2 Å². The van der Waals surface area contributed by atoms with Crippen molar-refractivity contribution in [2.24, 2.45) is 0 Å². The molecule has 0 bridgehead atoms. The first-order chi connectivity index (χ1) is 16.5. The van der Waals surface area contributed by atoms with E-state index in [2.05, 4.69) is 4.74 Å². The Balaban J connectivity index is 1.86. The van der Waals surface area contributed by atoms with Gasteiger partial charge in [0.1, 0.15) is 17.3 Å². The quantitative estimate of drug-likeness (QED) is 0.289. The summed E-state index contributed by atoms with van der Waals surface area (Å²) in [5.74, 6) is -2.83. The molecule has 35 heavy (non-hydrogen) atoms. The van der Waals surface area contributed by atoms with Crippen LogP contribution in [0.25, 0.3) is 5.76 Å². The number of carbonyl (C=O) groups excluding carboxylic acids is 2. The first kappa shape index (κ1) is 23.9. The molecule has 1 unspecified atom stereocenters. The Morgan fingerprint density at radius 1 is 0.914 bits per heavy atom. The molecule has 1 aliphatic heterocycles. The maximum Gasteiger partial charge on any atom is 0.573 e. The normalized spacial score (nSPS) is 17.6. The van der Waals surface area contributed by atoms with Gasteiger partial charge < -0.3 is 14.9 Å².